The van der Waals surface area contributed by atoms with Crippen LogP contribution >= 0.6 is 11.8 Å². The topological polar surface area (TPSA) is 67.4 Å². The number of hydrogen-bond acceptors (Lipinski definition) is 4. The quantitative estimate of drug-likeness (QED) is 0.750. The van der Waals surface area contributed by atoms with Gasteiger partial charge in [-0.25, -0.2) is 0 Å². The molecule has 2 aromatic carbocycles. The molecule has 0 spiro atoms. The number of ether oxygens (including phenoxy) is 1. The molecule has 6 heteroatoms. The maximum atomic E-state index is 12.1. The van der Waals surface area contributed by atoms with Gasteiger partial charge in [0, 0.05) is 17.5 Å². The van der Waals surface area contributed by atoms with Crippen molar-refractivity contribution in [3.63, 3.8) is 0 Å². The lowest BCUT2D eigenvalue weighted by Crippen LogP contribution is -2.14. The molecule has 0 saturated carbocycles. The van der Waals surface area contributed by atoms with E-state index in [-0.39, 0.29) is 17.6 Å². The highest BCUT2D eigenvalue weighted by Crippen LogP contribution is 2.27. The van der Waals surface area contributed by atoms with Gasteiger partial charge in [-0.05, 0) is 43.3 Å². The maximum Gasteiger partial charge on any atom is 0.234 e. The zero-order valence-electron chi connectivity index (χ0n) is 13.7. The first-order valence-corrected chi connectivity index (χ1v) is 8.59. The van der Waals surface area contributed by atoms with E-state index < -0.39 is 0 Å². The molecule has 2 rings (SSSR count). The summed E-state index contributed by atoms with van der Waals surface area (Å²) in [6, 6.07) is 14.6. The summed E-state index contributed by atoms with van der Waals surface area (Å²) in [4.78, 5) is 24.1. The Balaban J connectivity index is 1.90. The first-order valence-electron chi connectivity index (χ1n) is 7.60. The van der Waals surface area contributed by atoms with Gasteiger partial charge < -0.3 is 15.4 Å². The Morgan fingerprint density at radius 1 is 1.04 bits per heavy atom. The summed E-state index contributed by atoms with van der Waals surface area (Å²) in [7, 11) is 0. The monoisotopic (exact) mass is 344 g/mol. The molecular formula is C18H20N2O3S. The lowest BCUT2D eigenvalue weighted by atomic mass is 10.3. The Kier molecular flexibility index (Phi) is 6.69. The van der Waals surface area contributed by atoms with Crippen LogP contribution in [0.25, 0.3) is 0 Å². The zero-order chi connectivity index (χ0) is 17.4. The van der Waals surface area contributed by atoms with Crippen molar-refractivity contribution in [1.82, 2.24) is 0 Å². The molecule has 2 N–H and O–H groups in total. The molecule has 0 heterocycles. The van der Waals surface area contributed by atoms with E-state index in [2.05, 4.69) is 10.6 Å². The van der Waals surface area contributed by atoms with Crippen molar-refractivity contribution in [1.29, 1.82) is 0 Å². The lowest BCUT2D eigenvalue weighted by Gasteiger charge is -2.10. The number of carbonyl (C=O) groups is 2. The molecule has 0 atom stereocenters. The molecule has 0 fully saturated rings. The third-order valence-corrected chi connectivity index (χ3v) is 4.08. The summed E-state index contributed by atoms with van der Waals surface area (Å²) in [5.41, 5.74) is 1.43. The molecule has 0 aliphatic heterocycles. The Hall–Kier alpha value is -2.47. The van der Waals surface area contributed by atoms with E-state index in [0.29, 0.717) is 12.3 Å². The van der Waals surface area contributed by atoms with Crippen LogP contribution in [0.15, 0.2) is 53.4 Å². The van der Waals surface area contributed by atoms with Gasteiger partial charge in [0.25, 0.3) is 0 Å². The molecule has 24 heavy (non-hydrogen) atoms. The Labute approximate surface area is 145 Å². The van der Waals surface area contributed by atoms with E-state index in [1.807, 2.05) is 43.3 Å². The number of carbonyl (C=O) groups excluding carboxylic acids is 2. The van der Waals surface area contributed by atoms with Gasteiger partial charge in [0.1, 0.15) is 5.75 Å². The molecule has 5 nitrogen and oxygen atoms in total. The summed E-state index contributed by atoms with van der Waals surface area (Å²) in [6.07, 6.45) is 0. The Morgan fingerprint density at radius 3 is 2.42 bits per heavy atom. The number of nitrogens with one attached hydrogen (secondary N) is 2. The number of para-hydroxylation sites is 1. The second-order valence-corrected chi connectivity index (χ2v) is 5.99. The van der Waals surface area contributed by atoms with Crippen LogP contribution in [0.3, 0.4) is 0 Å². The van der Waals surface area contributed by atoms with Crippen molar-refractivity contribution in [2.45, 2.75) is 18.7 Å². The van der Waals surface area contributed by atoms with Crippen LogP contribution in [0.2, 0.25) is 0 Å². The standard InChI is InChI=1S/C18H20N2O3S/c1-3-23-15-10-8-14(9-11-15)20-18(22)12-24-17-7-5-4-6-16(17)19-13(2)21/h4-11H,3,12H2,1-2H3,(H,19,21)(H,20,22). The van der Waals surface area contributed by atoms with Crippen molar-refractivity contribution in [3.8, 4) is 5.75 Å². The average molecular weight is 344 g/mol. The normalized spacial score (nSPS) is 10.1. The minimum absolute atomic E-state index is 0.109. The molecule has 0 bridgehead atoms. The van der Waals surface area contributed by atoms with Gasteiger partial charge in [0.2, 0.25) is 11.8 Å². The maximum absolute atomic E-state index is 12.1. The van der Waals surface area contributed by atoms with Gasteiger partial charge in [0.15, 0.2) is 0 Å². The van der Waals surface area contributed by atoms with Crippen LogP contribution in [0.4, 0.5) is 11.4 Å². The second-order valence-electron chi connectivity index (χ2n) is 4.97. The minimum Gasteiger partial charge on any atom is -0.494 e. The molecule has 0 aromatic heterocycles. The second kappa shape index (κ2) is 8.98. The smallest absolute Gasteiger partial charge is 0.234 e. The van der Waals surface area contributed by atoms with Crippen LogP contribution < -0.4 is 15.4 Å². The van der Waals surface area contributed by atoms with Crippen molar-refractivity contribution >= 4 is 35.0 Å². The summed E-state index contributed by atoms with van der Waals surface area (Å²) in [6.45, 7) is 3.99. The molecule has 126 valence electrons. The van der Waals surface area contributed by atoms with Crippen LogP contribution in [0, 0.1) is 0 Å². The predicted molar refractivity (Wildman–Crippen MR) is 97.7 cm³/mol. The fraction of sp³-hybridized carbons (Fsp3) is 0.222. The summed E-state index contributed by atoms with van der Waals surface area (Å²) >= 11 is 1.38. The van der Waals surface area contributed by atoms with Crippen LogP contribution in [-0.2, 0) is 9.59 Å². The van der Waals surface area contributed by atoms with E-state index in [9.17, 15) is 9.59 Å². The van der Waals surface area contributed by atoms with E-state index in [4.69, 9.17) is 4.74 Å². The van der Waals surface area contributed by atoms with Gasteiger partial charge in [-0.15, -0.1) is 11.8 Å². The molecule has 0 aliphatic rings. The molecule has 0 radical (unpaired) electrons. The molecular weight excluding hydrogens is 324 g/mol. The van der Waals surface area contributed by atoms with Gasteiger partial charge in [-0.3, -0.25) is 9.59 Å². The van der Waals surface area contributed by atoms with Gasteiger partial charge in [-0.1, -0.05) is 12.1 Å². The molecule has 0 unspecified atom stereocenters. The third kappa shape index (κ3) is 5.62. The molecule has 0 aliphatic carbocycles. The summed E-state index contributed by atoms with van der Waals surface area (Å²) in [5, 5.41) is 5.60. The average Bonchev–Trinajstić information content (AvgIpc) is 2.56. The summed E-state index contributed by atoms with van der Waals surface area (Å²) in [5.74, 6) is 0.780. The highest BCUT2D eigenvalue weighted by molar-refractivity contribution is 8.00. The van der Waals surface area contributed by atoms with Crippen molar-refractivity contribution < 1.29 is 14.3 Å². The van der Waals surface area contributed by atoms with Crippen molar-refractivity contribution in [2.75, 3.05) is 23.0 Å². The van der Waals surface area contributed by atoms with Gasteiger partial charge in [-0.2, -0.15) is 0 Å². The highest BCUT2D eigenvalue weighted by atomic mass is 32.2. The van der Waals surface area contributed by atoms with E-state index in [1.165, 1.54) is 18.7 Å². The molecule has 0 saturated heterocycles. The summed E-state index contributed by atoms with van der Waals surface area (Å²) < 4.78 is 5.36. The number of thioether (sulfide) groups is 1. The SMILES string of the molecule is CCOc1ccc(NC(=O)CSc2ccccc2NC(C)=O)cc1. The molecule has 2 amide bonds. The largest absolute Gasteiger partial charge is 0.494 e. The van der Waals surface area contributed by atoms with Crippen molar-refractivity contribution in [2.24, 2.45) is 0 Å². The van der Waals surface area contributed by atoms with Gasteiger partial charge >= 0.3 is 0 Å². The zero-order valence-corrected chi connectivity index (χ0v) is 14.5. The number of anilines is 2. The number of benzene rings is 2. The van der Waals surface area contributed by atoms with Crippen molar-refractivity contribution in [3.05, 3.63) is 48.5 Å². The third-order valence-electron chi connectivity index (χ3n) is 3.01. The fourth-order valence-corrected chi connectivity index (χ4v) is 2.84. The van der Waals surface area contributed by atoms with E-state index >= 15 is 0 Å². The number of hydrogen-bond donors (Lipinski definition) is 2. The predicted octanol–water partition coefficient (Wildman–Crippen LogP) is 3.77. The Morgan fingerprint density at radius 2 is 1.75 bits per heavy atom. The number of amides is 2. The van der Waals surface area contributed by atoms with E-state index in [1.54, 1.807) is 12.1 Å². The minimum atomic E-state index is -0.137. The van der Waals surface area contributed by atoms with E-state index in [0.717, 1.165) is 16.3 Å². The first-order chi connectivity index (χ1) is 11.6. The van der Waals surface area contributed by atoms with Gasteiger partial charge in [0.05, 0.1) is 18.0 Å². The Bertz CT molecular complexity index is 702. The highest BCUT2D eigenvalue weighted by Gasteiger charge is 2.08. The molecule has 2 aromatic rings. The van der Waals surface area contributed by atoms with Crippen LogP contribution in [0.5, 0.6) is 5.75 Å². The van der Waals surface area contributed by atoms with Crippen LogP contribution in [0.1, 0.15) is 13.8 Å². The fourth-order valence-electron chi connectivity index (χ4n) is 2.03. The number of rotatable bonds is 7. The van der Waals surface area contributed by atoms with Crippen LogP contribution in [-0.4, -0.2) is 24.2 Å². The first kappa shape index (κ1) is 17.9. The lowest BCUT2D eigenvalue weighted by molar-refractivity contribution is -0.114.